The Bertz CT molecular complexity index is 781. The van der Waals surface area contributed by atoms with Crippen LogP contribution in [-0.4, -0.2) is 15.9 Å². The van der Waals surface area contributed by atoms with E-state index in [0.29, 0.717) is 11.4 Å². The Morgan fingerprint density at radius 1 is 1.00 bits per heavy atom. The first-order chi connectivity index (χ1) is 11.3. The molecule has 0 spiro atoms. The fourth-order valence-corrected chi connectivity index (χ4v) is 2.22. The van der Waals surface area contributed by atoms with Crippen molar-refractivity contribution in [2.45, 2.75) is 13.3 Å². The second kappa shape index (κ2) is 6.83. The molecule has 2 aromatic heterocycles. The second-order valence-corrected chi connectivity index (χ2v) is 5.15. The van der Waals surface area contributed by atoms with Gasteiger partial charge in [0.1, 0.15) is 5.82 Å². The summed E-state index contributed by atoms with van der Waals surface area (Å²) in [6.07, 6.45) is 4.50. The fourth-order valence-electron chi connectivity index (χ4n) is 2.22. The molecular weight excluding hydrogens is 286 g/mol. The second-order valence-electron chi connectivity index (χ2n) is 5.15. The van der Waals surface area contributed by atoms with E-state index in [0.717, 1.165) is 17.7 Å². The van der Waals surface area contributed by atoms with Gasteiger partial charge < -0.3 is 5.32 Å². The van der Waals surface area contributed by atoms with Crippen LogP contribution in [0.4, 0.5) is 5.82 Å². The maximum atomic E-state index is 12.2. The van der Waals surface area contributed by atoms with Crippen molar-refractivity contribution in [3.8, 4) is 11.3 Å². The molecule has 1 aromatic carbocycles. The lowest BCUT2D eigenvalue weighted by Crippen LogP contribution is -2.12. The molecule has 0 aliphatic heterocycles. The van der Waals surface area contributed by atoms with Crippen LogP contribution in [0.1, 0.15) is 22.8 Å². The Labute approximate surface area is 135 Å². The number of aromatic nitrogens is 2. The zero-order valence-corrected chi connectivity index (χ0v) is 12.9. The van der Waals surface area contributed by atoms with E-state index in [1.165, 1.54) is 5.56 Å². The summed E-state index contributed by atoms with van der Waals surface area (Å²) >= 11 is 0. The quantitative estimate of drug-likeness (QED) is 0.793. The molecule has 1 N–H and O–H groups in total. The number of amides is 1. The van der Waals surface area contributed by atoms with Gasteiger partial charge in [0.15, 0.2) is 0 Å². The van der Waals surface area contributed by atoms with Gasteiger partial charge in [-0.25, -0.2) is 4.98 Å². The Hall–Kier alpha value is -3.01. The fraction of sp³-hybridized carbons (Fsp3) is 0.105. The number of nitrogens with zero attached hydrogens (tertiary/aromatic N) is 2. The van der Waals surface area contributed by atoms with E-state index in [1.54, 1.807) is 30.5 Å². The Morgan fingerprint density at radius 2 is 1.83 bits per heavy atom. The van der Waals surface area contributed by atoms with Crippen LogP contribution in [0, 0.1) is 0 Å². The number of hydrogen-bond donors (Lipinski definition) is 1. The van der Waals surface area contributed by atoms with Crippen LogP contribution in [0.5, 0.6) is 0 Å². The number of benzene rings is 1. The van der Waals surface area contributed by atoms with E-state index in [9.17, 15) is 4.79 Å². The van der Waals surface area contributed by atoms with Gasteiger partial charge in [0.25, 0.3) is 5.91 Å². The van der Waals surface area contributed by atoms with Gasteiger partial charge in [-0.05, 0) is 42.3 Å². The molecule has 0 unspecified atom stereocenters. The Balaban J connectivity index is 1.74. The zero-order valence-electron chi connectivity index (χ0n) is 12.9. The number of anilines is 1. The maximum absolute atomic E-state index is 12.2. The van der Waals surface area contributed by atoms with E-state index in [-0.39, 0.29) is 5.91 Å². The molecule has 23 heavy (non-hydrogen) atoms. The van der Waals surface area contributed by atoms with Crippen LogP contribution >= 0.6 is 0 Å². The summed E-state index contributed by atoms with van der Waals surface area (Å²) in [6, 6.07) is 16.9. The highest BCUT2D eigenvalue weighted by Gasteiger charge is 2.07. The van der Waals surface area contributed by atoms with E-state index in [1.807, 2.05) is 30.5 Å². The van der Waals surface area contributed by atoms with E-state index < -0.39 is 0 Å². The highest BCUT2D eigenvalue weighted by atomic mass is 16.1. The number of aryl methyl sites for hydroxylation is 1. The topological polar surface area (TPSA) is 54.9 Å². The molecule has 0 fully saturated rings. The molecule has 2 heterocycles. The van der Waals surface area contributed by atoms with Crippen molar-refractivity contribution in [1.29, 1.82) is 0 Å². The summed E-state index contributed by atoms with van der Waals surface area (Å²) in [5.41, 5.74) is 3.69. The van der Waals surface area contributed by atoms with E-state index in [2.05, 4.69) is 28.3 Å². The van der Waals surface area contributed by atoms with Crippen molar-refractivity contribution in [2.75, 3.05) is 5.32 Å². The Morgan fingerprint density at radius 3 is 2.43 bits per heavy atom. The molecular formula is C19H17N3O. The standard InChI is InChI=1S/C19H17N3O/c1-2-14-6-11-17(21-13-14)15-7-9-16(10-8-15)19(23)22-18-5-3-4-12-20-18/h3-13H,2H2,1H3,(H,20,22,23). The minimum atomic E-state index is -0.176. The van der Waals surface area contributed by atoms with Crippen LogP contribution < -0.4 is 5.32 Å². The largest absolute Gasteiger partial charge is 0.307 e. The van der Waals surface area contributed by atoms with Crippen molar-refractivity contribution in [2.24, 2.45) is 0 Å². The predicted molar refractivity (Wildman–Crippen MR) is 91.2 cm³/mol. The molecule has 0 aliphatic carbocycles. The van der Waals surface area contributed by atoms with Gasteiger partial charge in [-0.3, -0.25) is 9.78 Å². The summed E-state index contributed by atoms with van der Waals surface area (Å²) < 4.78 is 0. The zero-order chi connectivity index (χ0) is 16.1. The number of hydrogen-bond acceptors (Lipinski definition) is 3. The first-order valence-electron chi connectivity index (χ1n) is 7.54. The maximum Gasteiger partial charge on any atom is 0.256 e. The third-order valence-corrected chi connectivity index (χ3v) is 3.58. The van der Waals surface area contributed by atoms with Crippen LogP contribution in [0.25, 0.3) is 11.3 Å². The van der Waals surface area contributed by atoms with Gasteiger partial charge in [0.05, 0.1) is 5.69 Å². The monoisotopic (exact) mass is 303 g/mol. The van der Waals surface area contributed by atoms with Crippen LogP contribution in [0.2, 0.25) is 0 Å². The van der Waals surface area contributed by atoms with Gasteiger partial charge in [-0.2, -0.15) is 0 Å². The summed E-state index contributed by atoms with van der Waals surface area (Å²) in [6.45, 7) is 2.10. The first-order valence-corrected chi connectivity index (χ1v) is 7.54. The number of rotatable bonds is 4. The minimum Gasteiger partial charge on any atom is -0.307 e. The van der Waals surface area contributed by atoms with Crippen LogP contribution in [-0.2, 0) is 6.42 Å². The summed E-state index contributed by atoms with van der Waals surface area (Å²) in [5, 5.41) is 2.77. The molecule has 3 rings (SSSR count). The predicted octanol–water partition coefficient (Wildman–Crippen LogP) is 3.96. The van der Waals surface area contributed by atoms with Crippen LogP contribution in [0.15, 0.2) is 67.0 Å². The molecule has 3 aromatic rings. The molecule has 0 radical (unpaired) electrons. The molecule has 4 nitrogen and oxygen atoms in total. The molecule has 0 atom stereocenters. The number of carbonyl (C=O) groups is 1. The Kier molecular flexibility index (Phi) is 4.43. The molecule has 0 saturated heterocycles. The molecule has 4 heteroatoms. The third-order valence-electron chi connectivity index (χ3n) is 3.58. The van der Waals surface area contributed by atoms with Crippen molar-refractivity contribution in [3.05, 3.63) is 78.1 Å². The highest BCUT2D eigenvalue weighted by Crippen LogP contribution is 2.18. The summed E-state index contributed by atoms with van der Waals surface area (Å²) in [4.78, 5) is 20.7. The first kappa shape index (κ1) is 14.9. The summed E-state index contributed by atoms with van der Waals surface area (Å²) in [7, 11) is 0. The van der Waals surface area contributed by atoms with Gasteiger partial charge in [-0.1, -0.05) is 31.2 Å². The molecule has 1 amide bonds. The van der Waals surface area contributed by atoms with Crippen molar-refractivity contribution >= 4 is 11.7 Å². The number of nitrogens with one attached hydrogen (secondary N) is 1. The van der Waals surface area contributed by atoms with Gasteiger partial charge in [0, 0.05) is 23.5 Å². The van der Waals surface area contributed by atoms with Crippen molar-refractivity contribution in [3.63, 3.8) is 0 Å². The number of carbonyl (C=O) groups excluding carboxylic acids is 1. The molecule has 0 aliphatic rings. The average molecular weight is 303 g/mol. The average Bonchev–Trinajstić information content (AvgIpc) is 2.63. The normalized spacial score (nSPS) is 10.3. The van der Waals surface area contributed by atoms with Crippen LogP contribution in [0.3, 0.4) is 0 Å². The minimum absolute atomic E-state index is 0.176. The van der Waals surface area contributed by atoms with E-state index in [4.69, 9.17) is 0 Å². The van der Waals surface area contributed by atoms with Crippen molar-refractivity contribution < 1.29 is 4.79 Å². The lowest BCUT2D eigenvalue weighted by molar-refractivity contribution is 0.102. The van der Waals surface area contributed by atoms with E-state index >= 15 is 0 Å². The van der Waals surface area contributed by atoms with Gasteiger partial charge in [-0.15, -0.1) is 0 Å². The third kappa shape index (κ3) is 3.61. The molecule has 114 valence electrons. The molecule has 0 bridgehead atoms. The summed E-state index contributed by atoms with van der Waals surface area (Å²) in [5.74, 6) is 0.364. The van der Waals surface area contributed by atoms with Crippen molar-refractivity contribution in [1.82, 2.24) is 9.97 Å². The lowest BCUT2D eigenvalue weighted by Gasteiger charge is -2.06. The number of pyridine rings is 2. The lowest BCUT2D eigenvalue weighted by atomic mass is 10.1. The molecule has 0 saturated carbocycles. The van der Waals surface area contributed by atoms with Gasteiger partial charge >= 0.3 is 0 Å². The SMILES string of the molecule is CCc1ccc(-c2ccc(C(=O)Nc3ccccn3)cc2)nc1. The smallest absolute Gasteiger partial charge is 0.256 e. The highest BCUT2D eigenvalue weighted by molar-refractivity contribution is 6.03. The van der Waals surface area contributed by atoms with Gasteiger partial charge in [0.2, 0.25) is 0 Å².